The molecule has 2 aromatic heterocycles. The van der Waals surface area contributed by atoms with Crippen LogP contribution in [-0.2, 0) is 23.4 Å². The topological polar surface area (TPSA) is 206 Å². The van der Waals surface area contributed by atoms with E-state index in [4.69, 9.17) is 29.0 Å². The lowest BCUT2D eigenvalue weighted by Gasteiger charge is -2.25. The van der Waals surface area contributed by atoms with Crippen LogP contribution in [0.4, 0.5) is 5.95 Å². The van der Waals surface area contributed by atoms with E-state index in [-0.39, 0.29) is 23.2 Å². The van der Waals surface area contributed by atoms with Gasteiger partial charge in [0.25, 0.3) is 0 Å². The molecule has 0 amide bonds. The number of aliphatic hydroxyl groups is 1. The van der Waals surface area contributed by atoms with Crippen LogP contribution in [-0.4, -0.2) is 68.2 Å². The van der Waals surface area contributed by atoms with Crippen molar-refractivity contribution in [2.75, 3.05) is 18.9 Å². The molecule has 3 aromatic rings. The molecule has 41 heavy (non-hydrogen) atoms. The maximum atomic E-state index is 13.8. The second-order valence-electron chi connectivity index (χ2n) is 9.39. The number of nitrogens with zero attached hydrogens (tertiary/aromatic N) is 5. The first-order valence-electron chi connectivity index (χ1n) is 12.9. The number of nitrogen functional groups attached to an aromatic ring is 1. The fourth-order valence-corrected chi connectivity index (χ4v) is 5.60. The molecule has 1 aliphatic rings. The minimum atomic E-state index is -4.24. The van der Waals surface area contributed by atoms with Gasteiger partial charge in [-0.15, -0.1) is 0 Å². The summed E-state index contributed by atoms with van der Waals surface area (Å²) in [5.41, 5.74) is 6.37. The van der Waals surface area contributed by atoms with Crippen LogP contribution in [0.2, 0.25) is 0 Å². The SMILES string of the molecule is CCOc1nc(N)nc2c1ncn2[C@@H]1O[C@H](CO[P@](=O)(N[C@@H](C)C(=O)OC(C)C)Oc2ccccc2)[C@@H](O)[C@H]1C#N. The molecule has 0 unspecified atom stereocenters. The molecule has 4 N–H and O–H groups in total. The van der Waals surface area contributed by atoms with Gasteiger partial charge in [-0.25, -0.2) is 9.55 Å². The molecule has 1 aliphatic heterocycles. The van der Waals surface area contributed by atoms with E-state index in [9.17, 15) is 19.7 Å². The summed E-state index contributed by atoms with van der Waals surface area (Å²) in [6, 6.07) is 9.19. The number of ether oxygens (including phenoxy) is 3. The van der Waals surface area contributed by atoms with Gasteiger partial charge in [0.2, 0.25) is 11.8 Å². The Morgan fingerprint density at radius 3 is 2.68 bits per heavy atom. The number of hydrogen-bond donors (Lipinski definition) is 3. The van der Waals surface area contributed by atoms with E-state index >= 15 is 0 Å². The fraction of sp³-hybridized carbons (Fsp3) is 0.480. The lowest BCUT2D eigenvalue weighted by molar-refractivity contribution is -0.149. The Hall–Kier alpha value is -3.80. The van der Waals surface area contributed by atoms with Crippen molar-refractivity contribution in [1.82, 2.24) is 24.6 Å². The predicted molar refractivity (Wildman–Crippen MR) is 144 cm³/mol. The zero-order valence-electron chi connectivity index (χ0n) is 22.9. The van der Waals surface area contributed by atoms with Gasteiger partial charge in [0.1, 0.15) is 29.9 Å². The third-order valence-corrected chi connectivity index (χ3v) is 7.56. The highest BCUT2D eigenvalue weighted by Crippen LogP contribution is 2.46. The van der Waals surface area contributed by atoms with E-state index in [1.54, 1.807) is 51.1 Å². The van der Waals surface area contributed by atoms with Crippen molar-refractivity contribution in [1.29, 1.82) is 5.26 Å². The average molecular weight is 590 g/mol. The largest absolute Gasteiger partial charge is 0.476 e. The van der Waals surface area contributed by atoms with Gasteiger partial charge in [-0.2, -0.15) is 20.3 Å². The fourth-order valence-electron chi connectivity index (χ4n) is 4.10. The number of carbonyl (C=O) groups is 1. The molecule has 0 radical (unpaired) electrons. The number of aliphatic hydroxyl groups excluding tert-OH is 1. The number of nitrogens with one attached hydrogen (secondary N) is 1. The predicted octanol–water partition coefficient (Wildman–Crippen LogP) is 2.34. The van der Waals surface area contributed by atoms with E-state index < -0.39 is 56.8 Å². The number of para-hydroxylation sites is 1. The number of aromatic nitrogens is 4. The maximum Gasteiger partial charge on any atom is 0.459 e. The number of rotatable bonds is 12. The number of anilines is 1. The average Bonchev–Trinajstić information content (AvgIpc) is 3.47. The van der Waals surface area contributed by atoms with Gasteiger partial charge < -0.3 is 29.6 Å². The number of esters is 1. The van der Waals surface area contributed by atoms with Gasteiger partial charge in [-0.1, -0.05) is 18.2 Å². The number of nitriles is 1. The summed E-state index contributed by atoms with van der Waals surface area (Å²) in [5, 5.41) is 23.4. The van der Waals surface area contributed by atoms with Gasteiger partial charge in [0.05, 0.1) is 31.7 Å². The minimum Gasteiger partial charge on any atom is -0.476 e. The monoisotopic (exact) mass is 589 g/mol. The minimum absolute atomic E-state index is 0.0789. The summed E-state index contributed by atoms with van der Waals surface area (Å²) >= 11 is 0. The van der Waals surface area contributed by atoms with Crippen LogP contribution in [0, 0.1) is 17.2 Å². The third-order valence-electron chi connectivity index (χ3n) is 5.92. The van der Waals surface area contributed by atoms with Crippen molar-refractivity contribution in [2.24, 2.45) is 5.92 Å². The first-order valence-corrected chi connectivity index (χ1v) is 14.4. The van der Waals surface area contributed by atoms with Crippen molar-refractivity contribution < 1.29 is 37.7 Å². The second kappa shape index (κ2) is 12.8. The van der Waals surface area contributed by atoms with Gasteiger partial charge in [-0.3, -0.25) is 13.9 Å². The maximum absolute atomic E-state index is 13.8. The van der Waals surface area contributed by atoms with Crippen molar-refractivity contribution in [3.05, 3.63) is 36.7 Å². The molecule has 0 spiro atoms. The zero-order chi connectivity index (χ0) is 29.7. The van der Waals surface area contributed by atoms with Crippen LogP contribution in [0.15, 0.2) is 36.7 Å². The van der Waals surface area contributed by atoms with Crippen molar-refractivity contribution >= 4 is 30.8 Å². The van der Waals surface area contributed by atoms with E-state index in [1.165, 1.54) is 17.8 Å². The van der Waals surface area contributed by atoms with E-state index in [0.717, 1.165) is 0 Å². The molecule has 6 atom stereocenters. The Morgan fingerprint density at radius 1 is 1.29 bits per heavy atom. The quantitative estimate of drug-likeness (QED) is 0.205. The number of nitrogens with two attached hydrogens (primary N) is 1. The Kier molecular flexibility index (Phi) is 9.42. The summed E-state index contributed by atoms with van der Waals surface area (Å²) in [4.78, 5) is 24.9. The normalized spacial score (nSPS) is 22.7. The first kappa shape index (κ1) is 30.2. The molecule has 220 valence electrons. The third kappa shape index (κ3) is 6.92. The van der Waals surface area contributed by atoms with E-state index in [1.807, 2.05) is 6.07 Å². The lowest BCUT2D eigenvalue weighted by atomic mass is 10.0. The van der Waals surface area contributed by atoms with Gasteiger partial charge in [0, 0.05) is 0 Å². The Balaban J connectivity index is 1.56. The van der Waals surface area contributed by atoms with Gasteiger partial charge >= 0.3 is 13.7 Å². The number of fused-ring (bicyclic) bond motifs is 1. The summed E-state index contributed by atoms with van der Waals surface area (Å²) in [5.74, 6) is -1.46. The van der Waals surface area contributed by atoms with Crippen LogP contribution in [0.3, 0.4) is 0 Å². The van der Waals surface area contributed by atoms with Gasteiger partial charge in [0.15, 0.2) is 17.4 Å². The number of carbonyl (C=O) groups excluding carboxylic acids is 1. The van der Waals surface area contributed by atoms with Crippen molar-refractivity contribution in [3.63, 3.8) is 0 Å². The summed E-state index contributed by atoms with van der Waals surface area (Å²) < 4.78 is 43.2. The Morgan fingerprint density at radius 2 is 2.02 bits per heavy atom. The summed E-state index contributed by atoms with van der Waals surface area (Å²) in [7, 11) is -4.24. The Labute approximate surface area is 236 Å². The molecule has 15 nitrogen and oxygen atoms in total. The molecule has 3 heterocycles. The van der Waals surface area contributed by atoms with Crippen LogP contribution in [0.1, 0.15) is 33.9 Å². The van der Waals surface area contributed by atoms with Crippen LogP contribution in [0.5, 0.6) is 11.6 Å². The highest BCUT2D eigenvalue weighted by Gasteiger charge is 2.47. The van der Waals surface area contributed by atoms with E-state index in [2.05, 4.69) is 20.0 Å². The summed E-state index contributed by atoms with van der Waals surface area (Å²) in [6.07, 6.45) is -2.56. The first-order chi connectivity index (χ1) is 19.5. The Bertz CT molecular complexity index is 1450. The molecule has 0 aliphatic carbocycles. The molecule has 0 bridgehead atoms. The highest BCUT2D eigenvalue weighted by atomic mass is 31.2. The zero-order valence-corrected chi connectivity index (χ0v) is 23.8. The van der Waals surface area contributed by atoms with Crippen LogP contribution >= 0.6 is 7.75 Å². The number of hydrogen-bond acceptors (Lipinski definition) is 13. The molecule has 16 heteroatoms. The standard InChI is InChI=1S/C25H32N7O8P/c1-5-36-22-19-21(29-25(27)30-22)32(13-28-19)23-17(11-26)20(33)18(39-23)12-37-41(35,40-16-9-7-6-8-10-16)31-15(4)24(34)38-14(2)3/h6-10,13-15,17-18,20,23,33H,5,12H2,1-4H3,(H,31,35)(H2,27,29,30)/t15-,17+,18+,20-,23+,41+/m0/s1. The van der Waals surface area contributed by atoms with Gasteiger partial charge in [-0.05, 0) is 39.8 Å². The van der Waals surface area contributed by atoms with Crippen molar-refractivity contribution in [3.8, 4) is 17.7 Å². The number of benzene rings is 1. The molecule has 1 fully saturated rings. The molecule has 1 saturated heterocycles. The lowest BCUT2D eigenvalue weighted by Crippen LogP contribution is -2.37. The second-order valence-corrected chi connectivity index (χ2v) is 11.1. The molecule has 4 rings (SSSR count). The molecule has 0 saturated carbocycles. The van der Waals surface area contributed by atoms with Crippen LogP contribution < -0.4 is 20.1 Å². The number of imidazole rings is 1. The highest BCUT2D eigenvalue weighted by molar-refractivity contribution is 7.52. The van der Waals surface area contributed by atoms with E-state index in [0.29, 0.717) is 12.1 Å². The van der Waals surface area contributed by atoms with Crippen molar-refractivity contribution in [2.45, 2.75) is 58.3 Å². The molecular weight excluding hydrogens is 557 g/mol. The molecule has 1 aromatic carbocycles. The smallest absolute Gasteiger partial charge is 0.459 e. The summed E-state index contributed by atoms with van der Waals surface area (Å²) in [6.45, 7) is 6.44. The molecular formula is C25H32N7O8P. The van der Waals surface area contributed by atoms with Crippen LogP contribution in [0.25, 0.3) is 11.2 Å².